The van der Waals surface area contributed by atoms with Crippen LogP contribution < -0.4 is 15.4 Å². The number of nitrogens with one attached hydrogen (secondary N) is 2. The summed E-state index contributed by atoms with van der Waals surface area (Å²) >= 11 is 0. The summed E-state index contributed by atoms with van der Waals surface area (Å²) in [6.07, 6.45) is -2.21. The molecule has 2 fully saturated rings. The molecule has 0 saturated carbocycles. The highest BCUT2D eigenvalue weighted by atomic mass is 35.5. The lowest BCUT2D eigenvalue weighted by Crippen LogP contribution is -2.51. The van der Waals surface area contributed by atoms with Gasteiger partial charge in [0.05, 0.1) is 12.8 Å². The maximum Gasteiger partial charge on any atom is 0.453 e. The summed E-state index contributed by atoms with van der Waals surface area (Å²) in [5.41, 5.74) is 2.01. The highest BCUT2D eigenvalue weighted by Crippen LogP contribution is 2.32. The van der Waals surface area contributed by atoms with Crippen molar-refractivity contribution >= 4 is 30.7 Å². The molecule has 0 bridgehead atoms. The van der Waals surface area contributed by atoms with Gasteiger partial charge >= 0.3 is 6.18 Å². The van der Waals surface area contributed by atoms with Gasteiger partial charge in [0, 0.05) is 43.1 Å². The first-order valence-electron chi connectivity index (χ1n) is 13.2. The van der Waals surface area contributed by atoms with Gasteiger partial charge in [0.25, 0.3) is 5.82 Å². The zero-order valence-corrected chi connectivity index (χ0v) is 24.1. The first-order valence-corrected chi connectivity index (χ1v) is 13.2. The Hall–Kier alpha value is -2.93. The van der Waals surface area contributed by atoms with E-state index >= 15 is 0 Å². The Morgan fingerprint density at radius 1 is 1.10 bits per heavy atom. The van der Waals surface area contributed by atoms with E-state index in [1.54, 1.807) is 12.1 Å². The third kappa shape index (κ3) is 7.48. The quantitative estimate of drug-likeness (QED) is 0.414. The van der Waals surface area contributed by atoms with Crippen molar-refractivity contribution in [2.75, 3.05) is 33.3 Å². The summed E-state index contributed by atoms with van der Waals surface area (Å²) in [4.78, 5) is 15.3. The van der Waals surface area contributed by atoms with Crippen molar-refractivity contribution in [3.8, 4) is 11.4 Å². The maximum atomic E-state index is 13.4. The predicted molar refractivity (Wildman–Crippen MR) is 152 cm³/mol. The summed E-state index contributed by atoms with van der Waals surface area (Å²) in [5.74, 6) is -0.292. The molecule has 1 amide bonds. The Labute approximate surface area is 249 Å². The van der Waals surface area contributed by atoms with Gasteiger partial charge in [-0.05, 0) is 66.5 Å². The van der Waals surface area contributed by atoms with Gasteiger partial charge in [0.15, 0.2) is 0 Å². The van der Waals surface area contributed by atoms with Gasteiger partial charge < -0.3 is 20.3 Å². The number of amides is 1. The number of likely N-dealkylation sites (tertiary alicyclic amines) is 1. The molecule has 2 atom stereocenters. The number of ether oxygens (including phenoxy) is 1. The molecule has 3 aromatic rings. The van der Waals surface area contributed by atoms with Crippen LogP contribution in [-0.4, -0.2) is 70.3 Å². The van der Waals surface area contributed by atoms with Crippen molar-refractivity contribution in [2.45, 2.75) is 43.9 Å². The number of tetrazole rings is 1. The maximum absolute atomic E-state index is 13.4. The SMILES string of the molecule is COc1ccc(-n2nnnc2C(F)(F)F)cc1CN[C@H]1CCN(C(=O)C2CCNCC2)C[C@H]1c1ccccc1.Cl.Cl. The number of aromatic nitrogens is 4. The minimum absolute atomic E-state index is 0. The lowest BCUT2D eigenvalue weighted by atomic mass is 9.84. The van der Waals surface area contributed by atoms with E-state index in [-0.39, 0.29) is 54.3 Å². The number of halogens is 5. The average Bonchev–Trinajstić information content (AvgIpc) is 3.48. The molecule has 0 aliphatic carbocycles. The van der Waals surface area contributed by atoms with E-state index in [0.29, 0.717) is 35.6 Å². The normalized spacial score (nSPS) is 19.7. The molecule has 9 nitrogen and oxygen atoms in total. The summed E-state index contributed by atoms with van der Waals surface area (Å²) in [7, 11) is 1.52. The second-order valence-corrected chi connectivity index (χ2v) is 10.0. The van der Waals surface area contributed by atoms with Gasteiger partial charge in [-0.1, -0.05) is 30.3 Å². The molecular weight excluding hydrogens is 582 g/mol. The predicted octanol–water partition coefficient (Wildman–Crippen LogP) is 4.01. The number of alkyl halides is 3. The smallest absolute Gasteiger partial charge is 0.453 e. The number of carbonyl (C=O) groups is 1. The number of benzene rings is 2. The number of nitrogens with zero attached hydrogens (tertiary/aromatic N) is 5. The summed E-state index contributed by atoms with van der Waals surface area (Å²) in [6.45, 7) is 3.36. The van der Waals surface area contributed by atoms with Crippen molar-refractivity contribution in [1.82, 2.24) is 35.7 Å². The molecule has 2 aromatic carbocycles. The standard InChI is InChI=1S/C27H32F3N7O2.2ClH/c1-39-24-8-7-21(37-26(27(28,29)30)33-34-35-37)15-20(24)16-32-23-11-14-36(25(38)19-9-12-31-13-10-19)17-22(23)18-5-3-2-4-6-18;;/h2-8,15,19,22-23,31-32H,9-14,16-17H2,1H3;2*1H/t22-,23-;;/m0../s1. The molecule has 0 unspecified atom stereocenters. The van der Waals surface area contributed by atoms with E-state index in [1.165, 1.54) is 13.2 Å². The molecule has 0 radical (unpaired) electrons. The van der Waals surface area contributed by atoms with Crippen molar-refractivity contribution in [2.24, 2.45) is 5.92 Å². The van der Waals surface area contributed by atoms with E-state index in [9.17, 15) is 18.0 Å². The first kappa shape index (κ1) is 32.6. The molecule has 41 heavy (non-hydrogen) atoms. The molecule has 0 spiro atoms. The summed E-state index contributed by atoms with van der Waals surface area (Å²) in [6, 6.07) is 14.9. The van der Waals surface area contributed by atoms with Gasteiger partial charge in [-0.15, -0.1) is 29.9 Å². The molecule has 2 saturated heterocycles. The number of piperidine rings is 2. The molecule has 2 aliphatic heterocycles. The third-order valence-corrected chi connectivity index (χ3v) is 7.63. The Morgan fingerprint density at radius 2 is 1.83 bits per heavy atom. The Morgan fingerprint density at radius 3 is 2.51 bits per heavy atom. The lowest BCUT2D eigenvalue weighted by Gasteiger charge is -2.41. The van der Waals surface area contributed by atoms with Crippen LogP contribution in [0.5, 0.6) is 5.75 Å². The van der Waals surface area contributed by atoms with Crippen LogP contribution in [0.3, 0.4) is 0 Å². The first-order chi connectivity index (χ1) is 18.8. The monoisotopic (exact) mass is 615 g/mol. The van der Waals surface area contributed by atoms with Crippen LogP contribution in [-0.2, 0) is 17.5 Å². The third-order valence-electron chi connectivity index (χ3n) is 7.63. The van der Waals surface area contributed by atoms with Crippen LogP contribution in [0, 0.1) is 5.92 Å². The molecular formula is C27H34Cl2F3N7O2. The van der Waals surface area contributed by atoms with Gasteiger partial charge in [0.2, 0.25) is 5.91 Å². The van der Waals surface area contributed by atoms with E-state index in [2.05, 4.69) is 38.3 Å². The molecule has 5 rings (SSSR count). The van der Waals surface area contributed by atoms with E-state index in [4.69, 9.17) is 4.74 Å². The fraction of sp³-hybridized carbons (Fsp3) is 0.481. The molecule has 2 aliphatic rings. The van der Waals surface area contributed by atoms with Gasteiger partial charge in [-0.25, -0.2) is 0 Å². The van der Waals surface area contributed by atoms with Crippen LogP contribution in [0.2, 0.25) is 0 Å². The summed E-state index contributed by atoms with van der Waals surface area (Å²) in [5, 5.41) is 16.8. The number of carbonyl (C=O) groups excluding carboxylic acids is 1. The highest BCUT2D eigenvalue weighted by Gasteiger charge is 2.39. The lowest BCUT2D eigenvalue weighted by molar-refractivity contribution is -0.146. The molecule has 1 aromatic heterocycles. The topological polar surface area (TPSA) is 97.2 Å². The van der Waals surface area contributed by atoms with E-state index in [0.717, 1.165) is 37.9 Å². The minimum Gasteiger partial charge on any atom is -0.496 e. The highest BCUT2D eigenvalue weighted by molar-refractivity contribution is 5.85. The van der Waals surface area contributed by atoms with Crippen molar-refractivity contribution < 1.29 is 22.7 Å². The van der Waals surface area contributed by atoms with Crippen LogP contribution in [0.25, 0.3) is 5.69 Å². The van der Waals surface area contributed by atoms with Crippen LogP contribution in [0.15, 0.2) is 48.5 Å². The number of methoxy groups -OCH3 is 1. The van der Waals surface area contributed by atoms with Gasteiger partial charge in [-0.2, -0.15) is 17.9 Å². The van der Waals surface area contributed by atoms with Crippen LogP contribution in [0.1, 0.15) is 42.1 Å². The largest absolute Gasteiger partial charge is 0.496 e. The average molecular weight is 617 g/mol. The number of hydrogen-bond donors (Lipinski definition) is 2. The van der Waals surface area contributed by atoms with E-state index < -0.39 is 12.0 Å². The fourth-order valence-electron chi connectivity index (χ4n) is 5.58. The number of hydrogen-bond acceptors (Lipinski definition) is 7. The van der Waals surface area contributed by atoms with E-state index in [1.807, 2.05) is 23.1 Å². The number of rotatable bonds is 7. The molecule has 224 valence electrons. The second kappa shape index (κ2) is 14.3. The summed E-state index contributed by atoms with van der Waals surface area (Å²) < 4.78 is 46.3. The minimum atomic E-state index is -4.69. The zero-order chi connectivity index (χ0) is 27.4. The Bertz CT molecular complexity index is 1270. The van der Waals surface area contributed by atoms with Gasteiger partial charge in [0.1, 0.15) is 5.75 Å². The second-order valence-electron chi connectivity index (χ2n) is 10.0. The molecule has 3 heterocycles. The molecule has 14 heteroatoms. The fourth-order valence-corrected chi connectivity index (χ4v) is 5.58. The van der Waals surface area contributed by atoms with Crippen molar-refractivity contribution in [1.29, 1.82) is 0 Å². The van der Waals surface area contributed by atoms with Crippen LogP contribution in [0.4, 0.5) is 13.2 Å². The Balaban J connectivity index is 0.00000231. The molecule has 2 N–H and O–H groups in total. The van der Waals surface area contributed by atoms with Crippen molar-refractivity contribution in [3.63, 3.8) is 0 Å². The zero-order valence-electron chi connectivity index (χ0n) is 22.5. The van der Waals surface area contributed by atoms with Crippen LogP contribution >= 0.6 is 24.8 Å². The Kier molecular flexibility index (Phi) is 11.4. The van der Waals surface area contributed by atoms with Crippen molar-refractivity contribution in [3.05, 3.63) is 65.5 Å². The van der Waals surface area contributed by atoms with Gasteiger partial charge in [-0.3, -0.25) is 4.79 Å².